The molecule has 3 aromatic rings. The minimum absolute atomic E-state index is 0.0614. The number of phenolic OH excluding ortho intramolecular Hbond substituents is 1. The Morgan fingerprint density at radius 1 is 1.11 bits per heavy atom. The van der Waals surface area contributed by atoms with E-state index >= 15 is 0 Å². The van der Waals surface area contributed by atoms with Crippen molar-refractivity contribution in [2.24, 2.45) is 7.05 Å². The Morgan fingerprint density at radius 2 is 1.73 bits per heavy atom. The van der Waals surface area contributed by atoms with Crippen LogP contribution in [0.1, 0.15) is 41.3 Å². The summed E-state index contributed by atoms with van der Waals surface area (Å²) in [5.74, 6) is -1.16. The molecule has 0 saturated carbocycles. The number of halogens is 4. The number of hydrogen-bond donors (Lipinski definition) is 2. The molecule has 0 bridgehead atoms. The van der Waals surface area contributed by atoms with Crippen molar-refractivity contribution in [3.8, 4) is 5.75 Å². The Hall–Kier alpha value is -3.53. The van der Waals surface area contributed by atoms with Gasteiger partial charge in [0.25, 0.3) is 0 Å². The highest BCUT2D eigenvalue weighted by Gasteiger charge is 2.36. The summed E-state index contributed by atoms with van der Waals surface area (Å²) < 4.78 is 41.2. The molecule has 1 heterocycles. The number of nitrogens with one attached hydrogen (secondary N) is 1. The largest absolute Gasteiger partial charge is 0.508 e. The lowest BCUT2D eigenvalue weighted by atomic mass is 10.0. The molecule has 0 spiro atoms. The minimum Gasteiger partial charge on any atom is -0.508 e. The van der Waals surface area contributed by atoms with E-state index in [2.05, 4.69) is 10.4 Å². The average Bonchev–Trinajstić information content (AvgIpc) is 3.17. The predicted octanol–water partition coefficient (Wildman–Crippen LogP) is 4.86. The van der Waals surface area contributed by atoms with Crippen molar-refractivity contribution in [1.29, 1.82) is 0 Å². The first-order chi connectivity index (χ1) is 17.4. The average molecular weight is 537 g/mol. The summed E-state index contributed by atoms with van der Waals surface area (Å²) in [6.45, 7) is 1.09. The first-order valence-corrected chi connectivity index (χ1v) is 12.0. The molecule has 0 fully saturated rings. The summed E-state index contributed by atoms with van der Waals surface area (Å²) in [7, 11) is 1.65. The van der Waals surface area contributed by atoms with Crippen LogP contribution in [0, 0.1) is 6.92 Å². The van der Waals surface area contributed by atoms with Crippen molar-refractivity contribution >= 4 is 23.4 Å². The molecule has 0 radical (unpaired) electrons. The second kappa shape index (κ2) is 12.1. The number of phenols is 1. The van der Waals surface area contributed by atoms with E-state index < -0.39 is 37.0 Å². The van der Waals surface area contributed by atoms with E-state index in [9.17, 15) is 27.9 Å². The summed E-state index contributed by atoms with van der Waals surface area (Å²) >= 11 is 5.91. The fourth-order valence-electron chi connectivity index (χ4n) is 3.83. The van der Waals surface area contributed by atoms with Gasteiger partial charge in [0, 0.05) is 42.8 Å². The van der Waals surface area contributed by atoms with E-state index in [1.54, 1.807) is 50.4 Å². The van der Waals surface area contributed by atoms with Gasteiger partial charge < -0.3 is 15.3 Å². The van der Waals surface area contributed by atoms with Gasteiger partial charge >= 0.3 is 6.18 Å². The molecular formula is C26H28ClF3N4O3. The third-order valence-electron chi connectivity index (χ3n) is 6.03. The number of benzene rings is 2. The monoisotopic (exact) mass is 536 g/mol. The Bertz CT molecular complexity index is 1210. The summed E-state index contributed by atoms with van der Waals surface area (Å²) in [6.07, 6.45) is -4.28. The zero-order chi connectivity index (χ0) is 27.2. The lowest BCUT2D eigenvalue weighted by Gasteiger charge is -2.31. The predicted molar refractivity (Wildman–Crippen MR) is 133 cm³/mol. The van der Waals surface area contributed by atoms with Gasteiger partial charge in [-0.05, 0) is 48.7 Å². The molecule has 11 heteroatoms. The van der Waals surface area contributed by atoms with Gasteiger partial charge in [-0.2, -0.15) is 18.3 Å². The van der Waals surface area contributed by atoms with Gasteiger partial charge in [-0.25, -0.2) is 0 Å². The molecule has 0 aliphatic carbocycles. The van der Waals surface area contributed by atoms with Gasteiger partial charge in [-0.15, -0.1) is 0 Å². The maximum Gasteiger partial charge on any atom is 0.390 e. The number of aromatic nitrogens is 2. The molecule has 37 heavy (non-hydrogen) atoms. The molecule has 3 rings (SSSR count). The number of nitrogens with zero attached hydrogens (tertiary/aromatic N) is 3. The van der Waals surface area contributed by atoms with Crippen LogP contribution >= 0.6 is 11.6 Å². The molecule has 0 aliphatic rings. The molecule has 1 aromatic heterocycles. The van der Waals surface area contributed by atoms with Crippen molar-refractivity contribution in [1.82, 2.24) is 20.0 Å². The molecule has 7 nitrogen and oxygen atoms in total. The van der Waals surface area contributed by atoms with Gasteiger partial charge in [0.05, 0.1) is 12.6 Å². The van der Waals surface area contributed by atoms with Crippen LogP contribution in [0.5, 0.6) is 5.75 Å². The third kappa shape index (κ3) is 7.98. The van der Waals surface area contributed by atoms with Gasteiger partial charge in [-0.3, -0.25) is 14.3 Å². The second-order valence-corrected chi connectivity index (χ2v) is 9.11. The van der Waals surface area contributed by atoms with Gasteiger partial charge in [0.2, 0.25) is 11.8 Å². The Labute approximate surface area is 217 Å². The topological polar surface area (TPSA) is 87.5 Å². The van der Waals surface area contributed by atoms with Crippen LogP contribution in [0.25, 0.3) is 0 Å². The summed E-state index contributed by atoms with van der Waals surface area (Å²) in [5.41, 5.74) is 2.36. The maximum absolute atomic E-state index is 13.5. The molecule has 2 amide bonds. The minimum atomic E-state index is -4.52. The third-order valence-corrected chi connectivity index (χ3v) is 6.28. The molecular weight excluding hydrogens is 509 g/mol. The van der Waals surface area contributed by atoms with Crippen molar-refractivity contribution in [3.05, 3.63) is 82.1 Å². The molecule has 198 valence electrons. The number of aryl methyl sites for hydroxylation is 2. The Kier molecular flexibility index (Phi) is 9.20. The quantitative estimate of drug-likeness (QED) is 0.387. The molecule has 2 aromatic carbocycles. The molecule has 0 saturated heterocycles. The number of amides is 2. The number of aromatic hydroxyl groups is 1. The van der Waals surface area contributed by atoms with Crippen LogP contribution in [0.2, 0.25) is 5.02 Å². The summed E-state index contributed by atoms with van der Waals surface area (Å²) in [4.78, 5) is 27.8. The highest BCUT2D eigenvalue weighted by atomic mass is 35.5. The normalized spacial score (nSPS) is 12.3. The van der Waals surface area contributed by atoms with Crippen molar-refractivity contribution in [2.75, 3.05) is 6.54 Å². The fourth-order valence-corrected chi connectivity index (χ4v) is 3.95. The van der Waals surface area contributed by atoms with Crippen molar-refractivity contribution in [2.45, 2.75) is 44.9 Å². The van der Waals surface area contributed by atoms with Crippen molar-refractivity contribution < 1.29 is 27.9 Å². The number of carbonyl (C=O) groups excluding carboxylic acids is 2. The van der Waals surface area contributed by atoms with E-state index in [-0.39, 0.29) is 25.1 Å². The highest BCUT2D eigenvalue weighted by molar-refractivity contribution is 6.30. The zero-order valence-electron chi connectivity index (χ0n) is 20.4. The van der Waals surface area contributed by atoms with E-state index in [1.807, 2.05) is 0 Å². The highest BCUT2D eigenvalue weighted by Crippen LogP contribution is 2.29. The molecule has 1 atom stereocenters. The zero-order valence-corrected chi connectivity index (χ0v) is 21.2. The first kappa shape index (κ1) is 28.0. The lowest BCUT2D eigenvalue weighted by molar-refractivity contribution is -0.152. The lowest BCUT2D eigenvalue weighted by Crippen LogP contribution is -2.45. The first-order valence-electron chi connectivity index (χ1n) is 11.6. The molecule has 0 aliphatic heterocycles. The van der Waals surface area contributed by atoms with E-state index in [1.165, 1.54) is 23.0 Å². The van der Waals surface area contributed by atoms with Crippen LogP contribution in [-0.2, 0) is 29.6 Å². The van der Waals surface area contributed by atoms with Gasteiger partial charge in [-0.1, -0.05) is 35.9 Å². The van der Waals surface area contributed by atoms with Crippen LogP contribution in [0.15, 0.2) is 54.7 Å². The molecule has 1 unspecified atom stereocenters. The number of carbonyl (C=O) groups is 2. The smallest absolute Gasteiger partial charge is 0.390 e. The van der Waals surface area contributed by atoms with Crippen LogP contribution in [0.4, 0.5) is 13.2 Å². The SMILES string of the molecule is Cc1c(C(C(=O)NCc2ccc(Cl)cc2)N(CCC(F)(F)F)C(=O)CCc2ccc(O)cc2)cnn1C. The fraction of sp³-hybridized carbons (Fsp3) is 0.346. The van der Waals surface area contributed by atoms with Crippen molar-refractivity contribution in [3.63, 3.8) is 0 Å². The standard InChI is InChI=1S/C26H28ClF3N4O3/c1-17-22(16-32-33(17)2)24(25(37)31-15-19-3-8-20(27)9-4-19)34(14-13-26(28,29)30)23(36)12-7-18-5-10-21(35)11-6-18/h3-6,8-11,16,24,35H,7,12-15H2,1-2H3,(H,31,37). The number of alkyl halides is 3. The van der Waals surface area contributed by atoms with E-state index in [0.717, 1.165) is 16.0 Å². The van der Waals surface area contributed by atoms with Gasteiger partial charge in [0.1, 0.15) is 11.8 Å². The van der Waals surface area contributed by atoms with E-state index in [4.69, 9.17) is 11.6 Å². The van der Waals surface area contributed by atoms with Crippen LogP contribution in [0.3, 0.4) is 0 Å². The number of hydrogen-bond acceptors (Lipinski definition) is 4. The Balaban J connectivity index is 1.89. The van der Waals surface area contributed by atoms with Crippen LogP contribution in [-0.4, -0.2) is 44.3 Å². The van der Waals surface area contributed by atoms with Crippen LogP contribution < -0.4 is 5.32 Å². The molecule has 2 N–H and O–H groups in total. The van der Waals surface area contributed by atoms with E-state index in [0.29, 0.717) is 16.3 Å². The maximum atomic E-state index is 13.5. The second-order valence-electron chi connectivity index (χ2n) is 8.67. The van der Waals surface area contributed by atoms with Gasteiger partial charge in [0.15, 0.2) is 0 Å². The summed E-state index contributed by atoms with van der Waals surface area (Å²) in [5, 5.41) is 16.9. The number of rotatable bonds is 10. The Morgan fingerprint density at radius 3 is 2.30 bits per heavy atom. The summed E-state index contributed by atoms with van der Waals surface area (Å²) in [6, 6.07) is 11.6.